The molecule has 2 aromatic rings. The molecule has 2 rings (SSSR count). The van der Waals surface area contributed by atoms with Crippen molar-refractivity contribution in [2.45, 2.75) is 12.5 Å². The number of hydrogen-bond donors (Lipinski definition) is 1. The third-order valence-corrected chi connectivity index (χ3v) is 2.35. The molecule has 0 fully saturated rings. The highest BCUT2D eigenvalue weighted by Gasteiger charge is 2.11. The van der Waals surface area contributed by atoms with Crippen molar-refractivity contribution in [2.75, 3.05) is 0 Å². The zero-order valence-corrected chi connectivity index (χ0v) is 8.54. The molecule has 0 saturated carbocycles. The van der Waals surface area contributed by atoms with Gasteiger partial charge >= 0.3 is 0 Å². The number of hydrogen-bond acceptors (Lipinski definition) is 3. The van der Waals surface area contributed by atoms with Crippen LogP contribution in [0.4, 0.5) is 0 Å². The lowest BCUT2D eigenvalue weighted by Gasteiger charge is -2.10. The molecule has 0 amide bonds. The van der Waals surface area contributed by atoms with E-state index in [4.69, 9.17) is 0 Å². The van der Waals surface area contributed by atoms with Crippen molar-refractivity contribution in [3.05, 3.63) is 48.3 Å². The van der Waals surface area contributed by atoms with Gasteiger partial charge in [-0.25, -0.2) is 4.98 Å². The van der Waals surface area contributed by atoms with Gasteiger partial charge in [-0.3, -0.25) is 4.98 Å². The van der Waals surface area contributed by atoms with Crippen molar-refractivity contribution in [1.82, 2.24) is 14.5 Å². The highest BCUT2D eigenvalue weighted by Crippen LogP contribution is 2.16. The quantitative estimate of drug-likeness (QED) is 0.812. The Morgan fingerprint density at radius 3 is 2.87 bits per heavy atom. The van der Waals surface area contributed by atoms with Gasteiger partial charge in [-0.05, 0) is 11.6 Å². The van der Waals surface area contributed by atoms with Gasteiger partial charge in [0.15, 0.2) is 0 Å². The van der Waals surface area contributed by atoms with Crippen LogP contribution in [0.25, 0.3) is 0 Å². The van der Waals surface area contributed by atoms with Crippen molar-refractivity contribution in [1.29, 1.82) is 0 Å². The zero-order chi connectivity index (χ0) is 10.7. The number of pyridine rings is 1. The van der Waals surface area contributed by atoms with Gasteiger partial charge in [0.25, 0.3) is 0 Å². The maximum absolute atomic E-state index is 9.96. The van der Waals surface area contributed by atoms with E-state index in [0.717, 1.165) is 11.3 Å². The van der Waals surface area contributed by atoms with E-state index in [1.807, 2.05) is 23.7 Å². The van der Waals surface area contributed by atoms with Crippen LogP contribution >= 0.6 is 0 Å². The van der Waals surface area contributed by atoms with Gasteiger partial charge in [0.1, 0.15) is 0 Å². The van der Waals surface area contributed by atoms with E-state index in [9.17, 15) is 5.11 Å². The van der Waals surface area contributed by atoms with Crippen LogP contribution in [-0.4, -0.2) is 19.6 Å². The van der Waals surface area contributed by atoms with Crippen LogP contribution in [0.15, 0.2) is 37.1 Å². The van der Waals surface area contributed by atoms with E-state index < -0.39 is 6.10 Å². The predicted molar refractivity (Wildman–Crippen MR) is 56.1 cm³/mol. The van der Waals surface area contributed by atoms with Gasteiger partial charge in [-0.15, -0.1) is 0 Å². The molecule has 2 heterocycles. The summed E-state index contributed by atoms with van der Waals surface area (Å²) in [6.45, 7) is 0. The first kappa shape index (κ1) is 9.86. The molecule has 0 aliphatic carbocycles. The molecule has 1 atom stereocenters. The third-order valence-electron chi connectivity index (χ3n) is 2.35. The third kappa shape index (κ3) is 2.22. The topological polar surface area (TPSA) is 50.9 Å². The highest BCUT2D eigenvalue weighted by molar-refractivity contribution is 5.13. The second-order valence-corrected chi connectivity index (χ2v) is 3.51. The largest absolute Gasteiger partial charge is 0.386 e. The Morgan fingerprint density at radius 2 is 2.27 bits per heavy atom. The first-order chi connectivity index (χ1) is 7.27. The second kappa shape index (κ2) is 4.23. The van der Waals surface area contributed by atoms with E-state index in [-0.39, 0.29) is 0 Å². The monoisotopic (exact) mass is 203 g/mol. The lowest BCUT2D eigenvalue weighted by Crippen LogP contribution is -2.06. The maximum atomic E-state index is 9.96. The summed E-state index contributed by atoms with van der Waals surface area (Å²) in [5, 5.41) is 9.96. The van der Waals surface area contributed by atoms with Crippen molar-refractivity contribution in [3.63, 3.8) is 0 Å². The predicted octanol–water partition coefficient (Wildman–Crippen LogP) is 1.09. The molecule has 4 heteroatoms. The summed E-state index contributed by atoms with van der Waals surface area (Å²) in [5.74, 6) is 0. The van der Waals surface area contributed by atoms with E-state index >= 15 is 0 Å². The number of aliphatic hydroxyl groups excluding tert-OH is 1. The van der Waals surface area contributed by atoms with Crippen LogP contribution in [-0.2, 0) is 13.5 Å². The molecule has 0 aliphatic rings. The normalized spacial score (nSPS) is 12.7. The van der Waals surface area contributed by atoms with Gasteiger partial charge in [0.05, 0.1) is 24.3 Å². The van der Waals surface area contributed by atoms with Gasteiger partial charge in [-0.2, -0.15) is 0 Å². The van der Waals surface area contributed by atoms with Gasteiger partial charge in [-0.1, -0.05) is 6.07 Å². The minimum absolute atomic E-state index is 0.526. The molecule has 0 aliphatic heterocycles. The number of aromatic nitrogens is 3. The lowest BCUT2D eigenvalue weighted by molar-refractivity contribution is 0.170. The Bertz CT molecular complexity index is 424. The SMILES string of the molecule is Cn1cncc1C(O)Cc1cccnc1. The number of imidazole rings is 1. The lowest BCUT2D eigenvalue weighted by atomic mass is 10.1. The van der Waals surface area contributed by atoms with Crippen molar-refractivity contribution in [3.8, 4) is 0 Å². The standard InChI is InChI=1S/C11H13N3O/c1-14-8-13-7-10(14)11(15)5-9-3-2-4-12-6-9/h2-4,6-8,11,15H,5H2,1H3. The Balaban J connectivity index is 2.11. The molecular formula is C11H13N3O. The fourth-order valence-electron chi connectivity index (χ4n) is 1.54. The molecule has 15 heavy (non-hydrogen) atoms. The van der Waals surface area contributed by atoms with Crippen LogP contribution in [0.2, 0.25) is 0 Å². The average Bonchev–Trinajstić information content (AvgIpc) is 2.66. The fourth-order valence-corrected chi connectivity index (χ4v) is 1.54. The van der Waals surface area contributed by atoms with E-state index in [1.54, 1.807) is 24.9 Å². The second-order valence-electron chi connectivity index (χ2n) is 3.51. The van der Waals surface area contributed by atoms with Gasteiger partial charge in [0, 0.05) is 25.9 Å². The summed E-state index contributed by atoms with van der Waals surface area (Å²) in [6, 6.07) is 3.82. The van der Waals surface area contributed by atoms with Gasteiger partial charge in [0.2, 0.25) is 0 Å². The van der Waals surface area contributed by atoms with Crippen molar-refractivity contribution >= 4 is 0 Å². The van der Waals surface area contributed by atoms with E-state index in [1.165, 1.54) is 0 Å². The van der Waals surface area contributed by atoms with Crippen LogP contribution < -0.4 is 0 Å². The highest BCUT2D eigenvalue weighted by atomic mass is 16.3. The summed E-state index contributed by atoms with van der Waals surface area (Å²) in [5.41, 5.74) is 1.84. The molecule has 0 bridgehead atoms. The molecule has 0 radical (unpaired) electrons. The van der Waals surface area contributed by atoms with E-state index in [0.29, 0.717) is 6.42 Å². The van der Waals surface area contributed by atoms with Crippen LogP contribution in [0.5, 0.6) is 0 Å². The van der Waals surface area contributed by atoms with E-state index in [2.05, 4.69) is 9.97 Å². The summed E-state index contributed by atoms with van der Waals surface area (Å²) in [7, 11) is 1.87. The Labute approximate surface area is 88.2 Å². The van der Waals surface area contributed by atoms with Crippen LogP contribution in [0, 0.1) is 0 Å². The van der Waals surface area contributed by atoms with Gasteiger partial charge < -0.3 is 9.67 Å². The van der Waals surface area contributed by atoms with Crippen molar-refractivity contribution < 1.29 is 5.11 Å². The fraction of sp³-hybridized carbons (Fsp3) is 0.273. The van der Waals surface area contributed by atoms with Crippen LogP contribution in [0.3, 0.4) is 0 Å². The molecule has 1 N–H and O–H groups in total. The first-order valence-corrected chi connectivity index (χ1v) is 4.80. The number of aliphatic hydroxyl groups is 1. The smallest absolute Gasteiger partial charge is 0.0996 e. The van der Waals surface area contributed by atoms with Crippen molar-refractivity contribution in [2.24, 2.45) is 7.05 Å². The molecular weight excluding hydrogens is 190 g/mol. The number of nitrogens with zero attached hydrogens (tertiary/aromatic N) is 3. The molecule has 1 unspecified atom stereocenters. The molecule has 0 saturated heterocycles. The Kier molecular flexibility index (Phi) is 2.78. The molecule has 0 spiro atoms. The zero-order valence-electron chi connectivity index (χ0n) is 8.54. The summed E-state index contributed by atoms with van der Waals surface area (Å²) in [6.07, 6.45) is 6.89. The molecule has 78 valence electrons. The summed E-state index contributed by atoms with van der Waals surface area (Å²) < 4.78 is 1.82. The summed E-state index contributed by atoms with van der Waals surface area (Å²) >= 11 is 0. The number of rotatable bonds is 3. The first-order valence-electron chi connectivity index (χ1n) is 4.80. The minimum Gasteiger partial charge on any atom is -0.386 e. The molecule has 2 aromatic heterocycles. The maximum Gasteiger partial charge on any atom is 0.0996 e. The summed E-state index contributed by atoms with van der Waals surface area (Å²) in [4.78, 5) is 7.98. The number of aryl methyl sites for hydroxylation is 1. The van der Waals surface area contributed by atoms with Crippen LogP contribution in [0.1, 0.15) is 17.4 Å². The Morgan fingerprint density at radius 1 is 1.40 bits per heavy atom. The molecule has 0 aromatic carbocycles. The average molecular weight is 203 g/mol. The Hall–Kier alpha value is -1.68. The molecule has 4 nitrogen and oxygen atoms in total. The minimum atomic E-state index is -0.526.